The fraction of sp³-hybridized carbons (Fsp3) is 0.667. The van der Waals surface area contributed by atoms with E-state index in [-0.39, 0.29) is 6.10 Å². The molecule has 0 heterocycles. The van der Waals surface area contributed by atoms with E-state index in [0.29, 0.717) is 11.8 Å². The highest BCUT2D eigenvalue weighted by atomic mass is 16.3. The van der Waals surface area contributed by atoms with E-state index in [4.69, 9.17) is 0 Å². The molecule has 2 aliphatic carbocycles. The lowest BCUT2D eigenvalue weighted by molar-refractivity contribution is 0.0745. The van der Waals surface area contributed by atoms with Gasteiger partial charge in [0.1, 0.15) is 0 Å². The van der Waals surface area contributed by atoms with E-state index in [0.717, 1.165) is 23.8 Å². The van der Waals surface area contributed by atoms with Crippen molar-refractivity contribution in [2.75, 3.05) is 0 Å². The molecular weight excluding hydrogens is 232 g/mol. The van der Waals surface area contributed by atoms with Gasteiger partial charge in [0.05, 0.1) is 6.10 Å². The molecule has 0 spiro atoms. The van der Waals surface area contributed by atoms with Crippen LogP contribution in [0.3, 0.4) is 0 Å². The Kier molecular flexibility index (Phi) is 3.66. The average Bonchev–Trinajstić information content (AvgIpc) is 3.00. The second-order valence-electron chi connectivity index (χ2n) is 7.12. The molecule has 0 saturated heterocycles. The summed E-state index contributed by atoms with van der Waals surface area (Å²) < 4.78 is 0. The molecule has 0 radical (unpaired) electrons. The summed E-state index contributed by atoms with van der Waals surface area (Å²) >= 11 is 0. The molecule has 104 valence electrons. The van der Waals surface area contributed by atoms with Gasteiger partial charge in [-0.25, -0.2) is 0 Å². The summed E-state index contributed by atoms with van der Waals surface area (Å²) in [7, 11) is 0. The van der Waals surface area contributed by atoms with E-state index < -0.39 is 0 Å². The lowest BCUT2D eigenvalue weighted by Gasteiger charge is -2.27. The predicted octanol–water partition coefficient (Wildman–Crippen LogP) is 4.35. The van der Waals surface area contributed by atoms with Crippen molar-refractivity contribution < 1.29 is 5.11 Å². The molecule has 4 atom stereocenters. The monoisotopic (exact) mass is 258 g/mol. The first-order valence-electron chi connectivity index (χ1n) is 7.90. The third kappa shape index (κ3) is 2.72. The minimum atomic E-state index is -0.233. The van der Waals surface area contributed by atoms with Crippen molar-refractivity contribution in [2.24, 2.45) is 23.7 Å². The molecule has 3 rings (SSSR count). The third-order valence-corrected chi connectivity index (χ3v) is 5.16. The first-order valence-corrected chi connectivity index (χ1v) is 7.90. The van der Waals surface area contributed by atoms with Gasteiger partial charge in [-0.2, -0.15) is 0 Å². The van der Waals surface area contributed by atoms with Crippen LogP contribution >= 0.6 is 0 Å². The van der Waals surface area contributed by atoms with E-state index in [1.807, 2.05) is 0 Å². The molecule has 19 heavy (non-hydrogen) atoms. The van der Waals surface area contributed by atoms with Crippen LogP contribution in [-0.4, -0.2) is 5.11 Å². The molecule has 2 bridgehead atoms. The lowest BCUT2D eigenvalue weighted by Crippen LogP contribution is -2.19. The van der Waals surface area contributed by atoms with Crippen LogP contribution < -0.4 is 0 Å². The third-order valence-electron chi connectivity index (χ3n) is 5.16. The Labute approximate surface area is 117 Å². The standard InChI is InChI=1S/C18H26O/c1-12(2)9-13-3-6-15(7-4-13)18(19)17-11-14-5-8-16(17)10-14/h3-4,6-7,12,14,16-19H,5,8-11H2,1-2H3. The maximum Gasteiger partial charge on any atom is 0.0820 e. The van der Waals surface area contributed by atoms with E-state index in [2.05, 4.69) is 38.1 Å². The van der Waals surface area contributed by atoms with Crippen LogP contribution in [0.2, 0.25) is 0 Å². The van der Waals surface area contributed by atoms with Crippen molar-refractivity contribution in [3.63, 3.8) is 0 Å². The van der Waals surface area contributed by atoms with Gasteiger partial charge in [0.15, 0.2) is 0 Å². The average molecular weight is 258 g/mol. The Balaban J connectivity index is 1.68. The largest absolute Gasteiger partial charge is 0.388 e. The highest BCUT2D eigenvalue weighted by Gasteiger charge is 2.42. The highest BCUT2D eigenvalue weighted by molar-refractivity contribution is 5.25. The zero-order valence-corrected chi connectivity index (χ0v) is 12.2. The minimum absolute atomic E-state index is 0.233. The Morgan fingerprint density at radius 2 is 1.84 bits per heavy atom. The van der Waals surface area contributed by atoms with Gasteiger partial charge in [0.25, 0.3) is 0 Å². The molecule has 1 aromatic rings. The van der Waals surface area contributed by atoms with Gasteiger partial charge >= 0.3 is 0 Å². The Hall–Kier alpha value is -0.820. The van der Waals surface area contributed by atoms with Crippen molar-refractivity contribution in [2.45, 2.75) is 52.1 Å². The second kappa shape index (κ2) is 5.28. The summed E-state index contributed by atoms with van der Waals surface area (Å²) in [4.78, 5) is 0. The van der Waals surface area contributed by atoms with Crippen molar-refractivity contribution in [1.82, 2.24) is 0 Å². The first-order chi connectivity index (χ1) is 9.13. The molecule has 1 aromatic carbocycles. The molecule has 0 aliphatic heterocycles. The number of benzene rings is 1. The summed E-state index contributed by atoms with van der Waals surface area (Å²) in [5.41, 5.74) is 2.52. The summed E-state index contributed by atoms with van der Waals surface area (Å²) in [6.07, 6.45) is 6.26. The molecule has 2 fully saturated rings. The first kappa shape index (κ1) is 13.2. The van der Waals surface area contributed by atoms with E-state index >= 15 is 0 Å². The maximum absolute atomic E-state index is 10.6. The van der Waals surface area contributed by atoms with E-state index in [1.165, 1.54) is 31.2 Å². The van der Waals surface area contributed by atoms with Crippen LogP contribution in [0.5, 0.6) is 0 Å². The van der Waals surface area contributed by atoms with Crippen LogP contribution in [0.25, 0.3) is 0 Å². The quantitative estimate of drug-likeness (QED) is 0.851. The van der Waals surface area contributed by atoms with E-state index in [9.17, 15) is 5.11 Å². The number of aliphatic hydroxyl groups is 1. The highest BCUT2D eigenvalue weighted by Crippen LogP contribution is 2.52. The summed E-state index contributed by atoms with van der Waals surface area (Å²) in [6, 6.07) is 8.69. The molecule has 4 unspecified atom stereocenters. The molecule has 0 aromatic heterocycles. The van der Waals surface area contributed by atoms with Crippen molar-refractivity contribution in [3.8, 4) is 0 Å². The SMILES string of the molecule is CC(C)Cc1ccc(C(O)C2CC3CCC2C3)cc1. The van der Waals surface area contributed by atoms with Crippen LogP contribution in [0.1, 0.15) is 56.8 Å². The van der Waals surface area contributed by atoms with Gasteiger partial charge in [0.2, 0.25) is 0 Å². The smallest absolute Gasteiger partial charge is 0.0820 e. The zero-order valence-electron chi connectivity index (χ0n) is 12.2. The normalized spacial score (nSPS) is 31.1. The Bertz CT molecular complexity index is 420. The molecule has 1 nitrogen and oxygen atoms in total. The van der Waals surface area contributed by atoms with Gasteiger partial charge in [-0.15, -0.1) is 0 Å². The molecule has 1 heteroatoms. The topological polar surface area (TPSA) is 20.2 Å². The summed E-state index contributed by atoms with van der Waals surface area (Å²) in [5.74, 6) is 2.91. The van der Waals surface area contributed by atoms with Crippen LogP contribution in [0, 0.1) is 23.7 Å². The summed E-state index contributed by atoms with van der Waals surface area (Å²) in [5, 5.41) is 10.6. The molecule has 0 amide bonds. The van der Waals surface area contributed by atoms with E-state index in [1.54, 1.807) is 0 Å². The van der Waals surface area contributed by atoms with Gasteiger partial charge in [-0.1, -0.05) is 44.5 Å². The van der Waals surface area contributed by atoms with Gasteiger partial charge in [-0.05, 0) is 60.5 Å². The van der Waals surface area contributed by atoms with Crippen molar-refractivity contribution in [1.29, 1.82) is 0 Å². The van der Waals surface area contributed by atoms with Crippen LogP contribution in [-0.2, 0) is 6.42 Å². The number of hydrogen-bond acceptors (Lipinski definition) is 1. The molecular formula is C18H26O. The summed E-state index contributed by atoms with van der Waals surface area (Å²) in [6.45, 7) is 4.50. The number of fused-ring (bicyclic) bond motifs is 2. The number of hydrogen-bond donors (Lipinski definition) is 1. The van der Waals surface area contributed by atoms with Gasteiger partial charge < -0.3 is 5.11 Å². The zero-order chi connectivity index (χ0) is 13.4. The molecule has 2 saturated carbocycles. The number of rotatable bonds is 4. The van der Waals surface area contributed by atoms with Crippen molar-refractivity contribution >= 4 is 0 Å². The second-order valence-corrected chi connectivity index (χ2v) is 7.12. The number of aliphatic hydroxyl groups excluding tert-OH is 1. The van der Waals surface area contributed by atoms with Crippen molar-refractivity contribution in [3.05, 3.63) is 35.4 Å². The molecule has 2 aliphatic rings. The van der Waals surface area contributed by atoms with Crippen LogP contribution in [0.4, 0.5) is 0 Å². The fourth-order valence-electron chi connectivity index (χ4n) is 4.25. The lowest BCUT2D eigenvalue weighted by atomic mass is 9.82. The maximum atomic E-state index is 10.6. The van der Waals surface area contributed by atoms with Crippen LogP contribution in [0.15, 0.2) is 24.3 Å². The van der Waals surface area contributed by atoms with Gasteiger partial charge in [0, 0.05) is 0 Å². The Morgan fingerprint density at radius 3 is 2.37 bits per heavy atom. The Morgan fingerprint density at radius 1 is 1.11 bits per heavy atom. The fourth-order valence-corrected chi connectivity index (χ4v) is 4.25. The van der Waals surface area contributed by atoms with Gasteiger partial charge in [-0.3, -0.25) is 0 Å². The predicted molar refractivity (Wildman–Crippen MR) is 78.9 cm³/mol. The molecule has 1 N–H and O–H groups in total. The minimum Gasteiger partial charge on any atom is -0.388 e.